The van der Waals surface area contributed by atoms with Gasteiger partial charge in [-0.15, -0.1) is 0 Å². The minimum atomic E-state index is -1.38. The number of carboxylic acids is 1. The van der Waals surface area contributed by atoms with E-state index in [1.807, 2.05) is 0 Å². The monoisotopic (exact) mass is 217 g/mol. The van der Waals surface area contributed by atoms with Crippen molar-refractivity contribution in [3.63, 3.8) is 0 Å². The molecule has 0 bridgehead atoms. The molecule has 1 aromatic rings. The van der Waals surface area contributed by atoms with Crippen LogP contribution < -0.4 is 5.73 Å². The second kappa shape index (κ2) is 4.22. The molecule has 0 aliphatic rings. The fraction of sp³-hybridized carbons (Fsp3) is 0.222. The number of phenolic OH excluding ortho intramolecular Hbond substituents is 1. The van der Waals surface area contributed by atoms with E-state index in [9.17, 15) is 18.7 Å². The molecule has 0 aromatic heterocycles. The highest BCUT2D eigenvalue weighted by Gasteiger charge is 2.25. The van der Waals surface area contributed by atoms with E-state index in [0.29, 0.717) is 12.1 Å². The van der Waals surface area contributed by atoms with Crippen molar-refractivity contribution in [2.75, 3.05) is 6.54 Å². The molecule has 0 aliphatic carbocycles. The molecule has 4 nitrogen and oxygen atoms in total. The molecular formula is C9H9F2NO3. The minimum Gasteiger partial charge on any atom is -0.507 e. The SMILES string of the molecule is NCC(C(=O)O)c1c(O)cc(F)cc1F. The van der Waals surface area contributed by atoms with Gasteiger partial charge in [-0.2, -0.15) is 0 Å². The zero-order valence-corrected chi connectivity index (χ0v) is 7.58. The summed E-state index contributed by atoms with van der Waals surface area (Å²) in [5.41, 5.74) is 4.64. The van der Waals surface area contributed by atoms with Gasteiger partial charge in [0.1, 0.15) is 23.3 Å². The molecule has 1 aromatic carbocycles. The normalized spacial score (nSPS) is 12.5. The molecule has 1 atom stereocenters. The molecule has 6 heteroatoms. The first-order chi connectivity index (χ1) is 6.97. The summed E-state index contributed by atoms with van der Waals surface area (Å²) in [6.07, 6.45) is 0. The molecule has 0 amide bonds. The van der Waals surface area contributed by atoms with Gasteiger partial charge in [-0.3, -0.25) is 4.79 Å². The molecule has 0 heterocycles. The van der Waals surface area contributed by atoms with Crippen molar-refractivity contribution < 1.29 is 23.8 Å². The summed E-state index contributed by atoms with van der Waals surface area (Å²) in [4.78, 5) is 10.7. The van der Waals surface area contributed by atoms with Crippen molar-refractivity contribution in [3.05, 3.63) is 29.3 Å². The quantitative estimate of drug-likeness (QED) is 0.699. The zero-order chi connectivity index (χ0) is 11.6. The van der Waals surface area contributed by atoms with Crippen LogP contribution >= 0.6 is 0 Å². The first-order valence-electron chi connectivity index (χ1n) is 4.08. The number of carboxylic acid groups (broad SMARTS) is 1. The second-order valence-corrected chi connectivity index (χ2v) is 2.95. The molecule has 0 aliphatic heterocycles. The summed E-state index contributed by atoms with van der Waals surface area (Å²) in [5, 5.41) is 17.9. The molecule has 0 saturated carbocycles. The number of aliphatic carboxylic acids is 1. The highest BCUT2D eigenvalue weighted by atomic mass is 19.1. The van der Waals surface area contributed by atoms with Crippen LogP contribution in [0.2, 0.25) is 0 Å². The number of phenols is 1. The highest BCUT2D eigenvalue weighted by Crippen LogP contribution is 2.29. The molecule has 4 N–H and O–H groups in total. The van der Waals surface area contributed by atoms with Crippen molar-refractivity contribution in [2.45, 2.75) is 5.92 Å². The minimum absolute atomic E-state index is 0.383. The Morgan fingerprint density at radius 3 is 2.47 bits per heavy atom. The van der Waals surface area contributed by atoms with Crippen molar-refractivity contribution in [2.24, 2.45) is 5.73 Å². The number of halogens is 2. The van der Waals surface area contributed by atoms with Crippen LogP contribution in [0.5, 0.6) is 5.75 Å². The second-order valence-electron chi connectivity index (χ2n) is 2.95. The van der Waals surface area contributed by atoms with E-state index in [1.54, 1.807) is 0 Å². The lowest BCUT2D eigenvalue weighted by Crippen LogP contribution is -2.22. The van der Waals surface area contributed by atoms with Gasteiger partial charge in [0.15, 0.2) is 0 Å². The van der Waals surface area contributed by atoms with Crippen LogP contribution in [0.3, 0.4) is 0 Å². The van der Waals surface area contributed by atoms with Crippen LogP contribution in [0.15, 0.2) is 12.1 Å². The number of hydrogen-bond donors (Lipinski definition) is 3. The van der Waals surface area contributed by atoms with Crippen molar-refractivity contribution in [3.8, 4) is 5.75 Å². The Morgan fingerprint density at radius 1 is 1.47 bits per heavy atom. The Kier molecular flexibility index (Phi) is 3.21. The van der Waals surface area contributed by atoms with E-state index in [4.69, 9.17) is 10.8 Å². The van der Waals surface area contributed by atoms with Crippen LogP contribution in [0.1, 0.15) is 11.5 Å². The molecule has 1 unspecified atom stereocenters. The van der Waals surface area contributed by atoms with E-state index in [2.05, 4.69) is 0 Å². The summed E-state index contributed by atoms with van der Waals surface area (Å²) in [7, 11) is 0. The third kappa shape index (κ3) is 2.21. The van der Waals surface area contributed by atoms with Gasteiger partial charge in [-0.1, -0.05) is 0 Å². The summed E-state index contributed by atoms with van der Waals surface area (Å²) < 4.78 is 25.8. The fourth-order valence-electron chi connectivity index (χ4n) is 1.26. The summed E-state index contributed by atoms with van der Waals surface area (Å²) in [6.45, 7) is -0.383. The Bertz CT molecular complexity index is 372. The number of hydrogen-bond acceptors (Lipinski definition) is 3. The van der Waals surface area contributed by atoms with E-state index >= 15 is 0 Å². The smallest absolute Gasteiger partial charge is 0.312 e. The first-order valence-corrected chi connectivity index (χ1v) is 4.08. The fourth-order valence-corrected chi connectivity index (χ4v) is 1.26. The average Bonchev–Trinajstić information content (AvgIpc) is 2.09. The van der Waals surface area contributed by atoms with Crippen LogP contribution in [-0.2, 0) is 4.79 Å². The number of nitrogens with two attached hydrogens (primary N) is 1. The molecule has 0 spiro atoms. The number of benzene rings is 1. The Balaban J connectivity index is 3.29. The standard InChI is InChI=1S/C9H9F2NO3/c10-4-1-6(11)8(7(13)2-4)5(3-12)9(14)15/h1-2,5,13H,3,12H2,(H,14,15). The predicted molar refractivity (Wildman–Crippen MR) is 47.5 cm³/mol. The number of aromatic hydroxyl groups is 1. The lowest BCUT2D eigenvalue weighted by Gasteiger charge is -2.12. The van der Waals surface area contributed by atoms with Gasteiger partial charge in [0.25, 0.3) is 0 Å². The van der Waals surface area contributed by atoms with Crippen molar-refractivity contribution in [1.29, 1.82) is 0 Å². The molecule has 0 fully saturated rings. The highest BCUT2D eigenvalue weighted by molar-refractivity contribution is 5.77. The van der Waals surface area contributed by atoms with Crippen LogP contribution in [0.4, 0.5) is 8.78 Å². The average molecular weight is 217 g/mol. The molecule has 0 saturated heterocycles. The van der Waals surface area contributed by atoms with Gasteiger partial charge in [0, 0.05) is 24.2 Å². The van der Waals surface area contributed by atoms with E-state index in [1.165, 1.54) is 0 Å². The van der Waals surface area contributed by atoms with Gasteiger partial charge < -0.3 is 15.9 Å². The van der Waals surface area contributed by atoms with Gasteiger partial charge in [-0.05, 0) is 0 Å². The maximum absolute atomic E-state index is 13.2. The lowest BCUT2D eigenvalue weighted by molar-refractivity contribution is -0.138. The molecular weight excluding hydrogens is 208 g/mol. The Morgan fingerprint density at radius 2 is 2.07 bits per heavy atom. The summed E-state index contributed by atoms with van der Waals surface area (Å²) in [6, 6.07) is 1.14. The van der Waals surface area contributed by atoms with Crippen molar-refractivity contribution in [1.82, 2.24) is 0 Å². The van der Waals surface area contributed by atoms with Gasteiger partial charge in [0.05, 0.1) is 0 Å². The van der Waals surface area contributed by atoms with Crippen LogP contribution in [-0.4, -0.2) is 22.7 Å². The van der Waals surface area contributed by atoms with Crippen molar-refractivity contribution >= 4 is 5.97 Å². The summed E-state index contributed by atoms with van der Waals surface area (Å²) >= 11 is 0. The summed E-state index contributed by atoms with van der Waals surface area (Å²) in [5.74, 6) is -5.60. The van der Waals surface area contributed by atoms with Gasteiger partial charge >= 0.3 is 5.97 Å². The molecule has 15 heavy (non-hydrogen) atoms. The van der Waals surface area contributed by atoms with E-state index < -0.39 is 34.8 Å². The third-order valence-corrected chi connectivity index (χ3v) is 1.95. The third-order valence-electron chi connectivity index (χ3n) is 1.95. The van der Waals surface area contributed by atoms with Gasteiger partial charge in [-0.25, -0.2) is 8.78 Å². The Labute approximate surface area is 83.9 Å². The first kappa shape index (κ1) is 11.4. The maximum atomic E-state index is 13.2. The van der Waals surface area contributed by atoms with Crippen LogP contribution in [0, 0.1) is 11.6 Å². The molecule has 1 rings (SSSR count). The topological polar surface area (TPSA) is 83.6 Å². The zero-order valence-electron chi connectivity index (χ0n) is 7.58. The van der Waals surface area contributed by atoms with E-state index in [0.717, 1.165) is 0 Å². The lowest BCUT2D eigenvalue weighted by atomic mass is 9.97. The maximum Gasteiger partial charge on any atom is 0.312 e. The number of rotatable bonds is 3. The largest absolute Gasteiger partial charge is 0.507 e. The Hall–Kier alpha value is -1.69. The predicted octanol–water partition coefficient (Wildman–Crippen LogP) is 0.797. The van der Waals surface area contributed by atoms with Crippen LogP contribution in [0.25, 0.3) is 0 Å². The molecule has 82 valence electrons. The van der Waals surface area contributed by atoms with E-state index in [-0.39, 0.29) is 6.54 Å². The molecule has 0 radical (unpaired) electrons. The number of carbonyl (C=O) groups is 1. The van der Waals surface area contributed by atoms with Gasteiger partial charge in [0.2, 0.25) is 0 Å².